The molecule has 3 aromatic rings. The van der Waals surface area contributed by atoms with Crippen molar-refractivity contribution in [1.82, 2.24) is 0 Å². The Morgan fingerprint density at radius 3 is 2.21 bits per heavy atom. The van der Waals surface area contributed by atoms with Gasteiger partial charge in [0.1, 0.15) is 0 Å². The molecule has 1 amide bonds. The van der Waals surface area contributed by atoms with E-state index in [9.17, 15) is 9.59 Å². The molecule has 0 aliphatic heterocycles. The number of ether oxygens (including phenoxy) is 4. The lowest BCUT2D eigenvalue weighted by molar-refractivity contribution is -0.118. The molecule has 3 rings (SSSR count). The number of allylic oxidation sites excluding steroid dienone is 1. The first-order valence-electron chi connectivity index (χ1n) is 10.6. The molecule has 0 fully saturated rings. The third-order valence-electron chi connectivity index (χ3n) is 5.06. The lowest BCUT2D eigenvalue weighted by Crippen LogP contribution is -2.20. The van der Waals surface area contributed by atoms with Crippen LogP contribution in [0.3, 0.4) is 0 Å². The molecule has 7 nitrogen and oxygen atoms in total. The zero-order chi connectivity index (χ0) is 24.5. The Morgan fingerprint density at radius 1 is 0.824 bits per heavy atom. The van der Waals surface area contributed by atoms with Crippen LogP contribution in [0.4, 0.5) is 5.69 Å². The summed E-state index contributed by atoms with van der Waals surface area (Å²) in [6.07, 6.45) is 3.14. The molecule has 0 spiro atoms. The van der Waals surface area contributed by atoms with Gasteiger partial charge in [0.05, 0.1) is 21.3 Å². The van der Waals surface area contributed by atoms with E-state index in [0.717, 1.165) is 16.8 Å². The number of carbonyl (C=O) groups excluding carboxylic acids is 2. The summed E-state index contributed by atoms with van der Waals surface area (Å²) in [5.74, 6) is 1.44. The normalized spacial score (nSPS) is 10.6. The highest BCUT2D eigenvalue weighted by Gasteiger charge is 2.11. The summed E-state index contributed by atoms with van der Waals surface area (Å²) in [5.41, 5.74) is 2.91. The van der Waals surface area contributed by atoms with E-state index in [4.69, 9.17) is 18.9 Å². The number of anilines is 1. The zero-order valence-corrected chi connectivity index (χ0v) is 19.6. The van der Waals surface area contributed by atoms with Crippen molar-refractivity contribution in [2.24, 2.45) is 0 Å². The fourth-order valence-corrected chi connectivity index (χ4v) is 3.21. The summed E-state index contributed by atoms with van der Waals surface area (Å²) < 4.78 is 21.5. The number of amides is 1. The van der Waals surface area contributed by atoms with Crippen LogP contribution in [0.25, 0.3) is 6.08 Å². The van der Waals surface area contributed by atoms with Crippen LogP contribution in [0, 0.1) is 6.92 Å². The Balaban J connectivity index is 1.65. The molecule has 0 unspecified atom stereocenters. The molecule has 0 atom stereocenters. The van der Waals surface area contributed by atoms with Gasteiger partial charge < -0.3 is 24.3 Å². The first-order valence-corrected chi connectivity index (χ1v) is 10.6. The van der Waals surface area contributed by atoms with Crippen LogP contribution in [-0.4, -0.2) is 39.6 Å². The van der Waals surface area contributed by atoms with Crippen molar-refractivity contribution in [2.45, 2.75) is 6.92 Å². The largest absolute Gasteiger partial charge is 0.493 e. The van der Waals surface area contributed by atoms with E-state index < -0.39 is 0 Å². The van der Waals surface area contributed by atoms with Crippen molar-refractivity contribution in [3.05, 3.63) is 83.4 Å². The van der Waals surface area contributed by atoms with Crippen LogP contribution >= 0.6 is 0 Å². The van der Waals surface area contributed by atoms with Crippen molar-refractivity contribution < 1.29 is 28.5 Å². The molecule has 34 heavy (non-hydrogen) atoms. The topological polar surface area (TPSA) is 83.1 Å². The number of nitrogens with one attached hydrogen (secondary N) is 1. The summed E-state index contributed by atoms with van der Waals surface area (Å²) >= 11 is 0. The van der Waals surface area contributed by atoms with Gasteiger partial charge in [-0.2, -0.15) is 0 Å². The monoisotopic (exact) mass is 461 g/mol. The van der Waals surface area contributed by atoms with Crippen molar-refractivity contribution in [2.75, 3.05) is 33.3 Å². The lowest BCUT2D eigenvalue weighted by atomic mass is 10.1. The number of hydrogen-bond donors (Lipinski definition) is 1. The molecule has 176 valence electrons. The summed E-state index contributed by atoms with van der Waals surface area (Å²) in [4.78, 5) is 24.8. The second-order valence-corrected chi connectivity index (χ2v) is 7.33. The molecule has 0 bridgehead atoms. The average Bonchev–Trinajstić information content (AvgIpc) is 2.87. The van der Waals surface area contributed by atoms with Gasteiger partial charge >= 0.3 is 0 Å². The molecule has 0 saturated carbocycles. The van der Waals surface area contributed by atoms with Gasteiger partial charge in [-0.15, -0.1) is 0 Å². The third-order valence-corrected chi connectivity index (χ3v) is 5.06. The van der Waals surface area contributed by atoms with Crippen LogP contribution in [-0.2, 0) is 4.79 Å². The minimum absolute atomic E-state index is 0.169. The number of benzene rings is 3. The van der Waals surface area contributed by atoms with Gasteiger partial charge in [0.25, 0.3) is 5.91 Å². The second kappa shape index (κ2) is 11.6. The molecular formula is C27H27NO6. The van der Waals surface area contributed by atoms with Gasteiger partial charge in [0, 0.05) is 11.3 Å². The minimum atomic E-state index is -0.277. The molecule has 0 aromatic heterocycles. The number of para-hydroxylation sites is 1. The van der Waals surface area contributed by atoms with E-state index in [0.29, 0.717) is 28.6 Å². The Hall–Kier alpha value is -4.26. The molecule has 0 aliphatic rings. The average molecular weight is 462 g/mol. The predicted molar refractivity (Wildman–Crippen MR) is 131 cm³/mol. The van der Waals surface area contributed by atoms with Gasteiger partial charge in [-0.3, -0.25) is 9.59 Å². The van der Waals surface area contributed by atoms with Crippen LogP contribution in [0.1, 0.15) is 21.5 Å². The molecule has 1 N–H and O–H groups in total. The quantitative estimate of drug-likeness (QED) is 0.340. The highest BCUT2D eigenvalue weighted by Crippen LogP contribution is 2.30. The Morgan fingerprint density at radius 2 is 1.50 bits per heavy atom. The van der Waals surface area contributed by atoms with Crippen molar-refractivity contribution >= 4 is 23.5 Å². The van der Waals surface area contributed by atoms with Crippen LogP contribution in [0.15, 0.2) is 66.7 Å². The molecule has 7 heteroatoms. The van der Waals surface area contributed by atoms with Crippen LogP contribution in [0.5, 0.6) is 23.0 Å². The Bertz CT molecular complexity index is 1200. The number of hydrogen-bond acceptors (Lipinski definition) is 6. The van der Waals surface area contributed by atoms with Gasteiger partial charge in [-0.1, -0.05) is 30.3 Å². The lowest BCUT2D eigenvalue weighted by Gasteiger charge is -2.12. The van der Waals surface area contributed by atoms with E-state index in [-0.39, 0.29) is 18.3 Å². The zero-order valence-electron chi connectivity index (χ0n) is 19.6. The smallest absolute Gasteiger partial charge is 0.262 e. The molecule has 0 radical (unpaired) electrons. The van der Waals surface area contributed by atoms with Gasteiger partial charge in [0.2, 0.25) is 0 Å². The first-order chi connectivity index (χ1) is 16.4. The van der Waals surface area contributed by atoms with Crippen LogP contribution in [0.2, 0.25) is 0 Å². The van der Waals surface area contributed by atoms with Crippen molar-refractivity contribution in [3.63, 3.8) is 0 Å². The summed E-state index contributed by atoms with van der Waals surface area (Å²) in [6.45, 7) is 1.75. The number of methoxy groups -OCH3 is 3. The van der Waals surface area contributed by atoms with Gasteiger partial charge in [-0.25, -0.2) is 0 Å². The maximum Gasteiger partial charge on any atom is 0.262 e. The highest BCUT2D eigenvalue weighted by molar-refractivity contribution is 6.07. The van der Waals surface area contributed by atoms with E-state index >= 15 is 0 Å². The van der Waals surface area contributed by atoms with E-state index in [1.54, 1.807) is 42.5 Å². The first kappa shape index (κ1) is 24.4. The highest BCUT2D eigenvalue weighted by atomic mass is 16.5. The van der Waals surface area contributed by atoms with Gasteiger partial charge in [0.15, 0.2) is 35.4 Å². The Kier molecular flexibility index (Phi) is 8.29. The van der Waals surface area contributed by atoms with Crippen molar-refractivity contribution in [3.8, 4) is 23.0 Å². The molecule has 3 aromatic carbocycles. The summed E-state index contributed by atoms with van der Waals surface area (Å²) in [7, 11) is 4.57. The van der Waals surface area contributed by atoms with Crippen LogP contribution < -0.4 is 24.3 Å². The predicted octanol–water partition coefficient (Wildman–Crippen LogP) is 4.93. The minimum Gasteiger partial charge on any atom is -0.493 e. The number of carbonyl (C=O) groups is 2. The molecule has 0 aliphatic carbocycles. The Labute approximate surface area is 198 Å². The fraction of sp³-hybridized carbons (Fsp3) is 0.185. The maximum atomic E-state index is 12.6. The number of rotatable bonds is 10. The number of aryl methyl sites for hydroxylation is 1. The molecular weight excluding hydrogens is 434 g/mol. The summed E-state index contributed by atoms with van der Waals surface area (Å²) in [6, 6.07) is 17.7. The third kappa shape index (κ3) is 6.16. The molecule has 0 heterocycles. The molecule has 0 saturated heterocycles. The summed E-state index contributed by atoms with van der Waals surface area (Å²) in [5, 5.41) is 2.82. The van der Waals surface area contributed by atoms with Crippen molar-refractivity contribution in [1.29, 1.82) is 0 Å². The maximum absolute atomic E-state index is 12.6. The second-order valence-electron chi connectivity index (χ2n) is 7.33. The standard InChI is InChI=1S/C27H27NO6/c1-18-7-5-6-8-21(18)28-27(30)17-34-24-13-10-19(15-25(24)32-3)9-12-22(29)20-11-14-23(31-2)26(16-20)33-4/h5-16H,17H2,1-4H3,(H,28,30)/b12-9+. The van der Waals surface area contributed by atoms with Gasteiger partial charge in [-0.05, 0) is 60.5 Å². The SMILES string of the molecule is COc1ccc(C(=O)/C=C/c2ccc(OCC(=O)Nc3ccccc3C)c(OC)c2)cc1OC. The van der Waals surface area contributed by atoms with E-state index in [1.165, 1.54) is 27.4 Å². The van der Waals surface area contributed by atoms with E-state index in [1.807, 2.05) is 31.2 Å². The fourth-order valence-electron chi connectivity index (χ4n) is 3.21. The van der Waals surface area contributed by atoms with E-state index in [2.05, 4.69) is 5.32 Å². The number of ketones is 1.